The van der Waals surface area contributed by atoms with Gasteiger partial charge >= 0.3 is 6.09 Å². The molecule has 0 unspecified atom stereocenters. The third kappa shape index (κ3) is 2.38. The fourth-order valence-electron chi connectivity index (χ4n) is 1.91. The Kier molecular flexibility index (Phi) is 3.27. The molecule has 0 saturated carbocycles. The molecular weight excluding hydrogens is 220 g/mol. The number of benzene rings is 1. The minimum atomic E-state index is -0.592. The number of para-hydroxylation sites is 1. The first-order chi connectivity index (χ1) is 8.22. The molecule has 0 aromatic heterocycles. The van der Waals surface area contributed by atoms with Gasteiger partial charge in [0.15, 0.2) is 0 Å². The van der Waals surface area contributed by atoms with Gasteiger partial charge in [0.2, 0.25) is 5.91 Å². The second kappa shape index (κ2) is 4.86. The molecule has 0 bridgehead atoms. The molecular formula is C12H14N2O3. The number of rotatable bonds is 2. The molecule has 2 rings (SSSR count). The van der Waals surface area contributed by atoms with E-state index in [9.17, 15) is 9.59 Å². The van der Waals surface area contributed by atoms with Crippen molar-refractivity contribution in [3.8, 4) is 0 Å². The molecule has 1 N–H and O–H groups in total. The van der Waals surface area contributed by atoms with Crippen LogP contribution < -0.4 is 10.2 Å². The van der Waals surface area contributed by atoms with Crippen LogP contribution in [-0.2, 0) is 16.0 Å². The summed E-state index contributed by atoms with van der Waals surface area (Å²) in [5, 5.41) is 2.39. The van der Waals surface area contributed by atoms with Gasteiger partial charge in [0.1, 0.15) is 6.54 Å². The summed E-state index contributed by atoms with van der Waals surface area (Å²) in [6, 6.07) is 7.78. The van der Waals surface area contributed by atoms with E-state index < -0.39 is 6.09 Å². The molecule has 1 aromatic carbocycles. The molecule has 0 spiro atoms. The van der Waals surface area contributed by atoms with Gasteiger partial charge in [0.05, 0.1) is 7.11 Å². The van der Waals surface area contributed by atoms with Crippen LogP contribution in [0.3, 0.4) is 0 Å². The maximum absolute atomic E-state index is 11.9. The Morgan fingerprint density at radius 1 is 1.41 bits per heavy atom. The number of nitrogens with one attached hydrogen (secondary N) is 1. The molecule has 90 valence electrons. The van der Waals surface area contributed by atoms with Gasteiger partial charge in [-0.3, -0.25) is 4.79 Å². The number of anilines is 1. The van der Waals surface area contributed by atoms with E-state index in [0.717, 1.165) is 12.1 Å². The van der Waals surface area contributed by atoms with Gasteiger partial charge in [-0.05, 0) is 18.1 Å². The molecule has 2 amide bonds. The van der Waals surface area contributed by atoms with Crippen LogP contribution in [0.5, 0.6) is 0 Å². The summed E-state index contributed by atoms with van der Waals surface area (Å²) in [6.07, 6.45) is 0.269. The summed E-state index contributed by atoms with van der Waals surface area (Å²) in [5.41, 5.74) is 2.10. The zero-order valence-corrected chi connectivity index (χ0v) is 9.60. The number of carbonyl (C=O) groups is 2. The highest BCUT2D eigenvalue weighted by Crippen LogP contribution is 2.27. The lowest BCUT2D eigenvalue weighted by atomic mass is 10.2. The Balaban J connectivity index is 2.00. The van der Waals surface area contributed by atoms with Gasteiger partial charge in [0.25, 0.3) is 0 Å². The first-order valence-electron chi connectivity index (χ1n) is 5.42. The molecule has 1 aliphatic rings. The average Bonchev–Trinajstić information content (AvgIpc) is 2.79. The van der Waals surface area contributed by atoms with Gasteiger partial charge in [-0.25, -0.2) is 4.79 Å². The number of amides is 2. The zero-order chi connectivity index (χ0) is 12.3. The molecule has 17 heavy (non-hydrogen) atoms. The SMILES string of the molecule is COC(=O)NCC(=O)N1CCc2ccccc21. The van der Waals surface area contributed by atoms with Gasteiger partial charge in [0, 0.05) is 12.2 Å². The van der Waals surface area contributed by atoms with Crippen molar-refractivity contribution in [2.45, 2.75) is 6.42 Å². The second-order valence-corrected chi connectivity index (χ2v) is 3.77. The third-order valence-electron chi connectivity index (χ3n) is 2.76. The predicted molar refractivity (Wildman–Crippen MR) is 62.9 cm³/mol. The monoisotopic (exact) mass is 234 g/mol. The first-order valence-corrected chi connectivity index (χ1v) is 5.42. The van der Waals surface area contributed by atoms with Crippen molar-refractivity contribution >= 4 is 17.7 Å². The summed E-state index contributed by atoms with van der Waals surface area (Å²) >= 11 is 0. The van der Waals surface area contributed by atoms with E-state index in [1.807, 2.05) is 24.3 Å². The fourth-order valence-corrected chi connectivity index (χ4v) is 1.91. The maximum Gasteiger partial charge on any atom is 0.407 e. The van der Waals surface area contributed by atoms with Gasteiger partial charge in [-0.1, -0.05) is 18.2 Å². The maximum atomic E-state index is 11.9. The van der Waals surface area contributed by atoms with Crippen LogP contribution in [0.2, 0.25) is 0 Å². The van der Waals surface area contributed by atoms with Crippen LogP contribution in [0.15, 0.2) is 24.3 Å². The highest BCUT2D eigenvalue weighted by molar-refractivity contribution is 5.97. The normalized spacial score (nSPS) is 13.1. The number of hydrogen-bond acceptors (Lipinski definition) is 3. The van der Waals surface area contributed by atoms with E-state index in [-0.39, 0.29) is 12.5 Å². The number of fused-ring (bicyclic) bond motifs is 1. The molecule has 0 radical (unpaired) electrons. The second-order valence-electron chi connectivity index (χ2n) is 3.77. The van der Waals surface area contributed by atoms with Crippen molar-refractivity contribution in [2.24, 2.45) is 0 Å². The summed E-state index contributed by atoms with van der Waals surface area (Å²) in [4.78, 5) is 24.4. The summed E-state index contributed by atoms with van der Waals surface area (Å²) in [5.74, 6) is -0.125. The van der Waals surface area contributed by atoms with Crippen molar-refractivity contribution in [3.63, 3.8) is 0 Å². The Labute approximate surface area is 99.4 Å². The van der Waals surface area contributed by atoms with Crippen LogP contribution >= 0.6 is 0 Å². The third-order valence-corrected chi connectivity index (χ3v) is 2.76. The van der Waals surface area contributed by atoms with Crippen molar-refractivity contribution in [1.82, 2.24) is 5.32 Å². The van der Waals surface area contributed by atoms with E-state index in [2.05, 4.69) is 10.1 Å². The van der Waals surface area contributed by atoms with Gasteiger partial charge in [-0.15, -0.1) is 0 Å². The molecule has 5 nitrogen and oxygen atoms in total. The number of hydrogen-bond donors (Lipinski definition) is 1. The van der Waals surface area contributed by atoms with Crippen LogP contribution in [-0.4, -0.2) is 32.2 Å². The predicted octanol–water partition coefficient (Wildman–Crippen LogP) is 0.932. The average molecular weight is 234 g/mol. The quantitative estimate of drug-likeness (QED) is 0.828. The highest BCUT2D eigenvalue weighted by atomic mass is 16.5. The Morgan fingerprint density at radius 3 is 2.94 bits per heavy atom. The number of ether oxygens (including phenoxy) is 1. The summed E-state index contributed by atoms with van der Waals surface area (Å²) in [6.45, 7) is 0.627. The molecule has 1 heterocycles. The topological polar surface area (TPSA) is 58.6 Å². The Hall–Kier alpha value is -2.04. The number of methoxy groups -OCH3 is 1. The fraction of sp³-hybridized carbons (Fsp3) is 0.333. The lowest BCUT2D eigenvalue weighted by molar-refractivity contribution is -0.117. The Bertz CT molecular complexity index is 445. The minimum Gasteiger partial charge on any atom is -0.453 e. The van der Waals surface area contributed by atoms with Crippen LogP contribution in [0.4, 0.5) is 10.5 Å². The molecule has 0 fully saturated rings. The lowest BCUT2D eigenvalue weighted by Crippen LogP contribution is -2.39. The van der Waals surface area contributed by atoms with Crippen molar-refractivity contribution in [2.75, 3.05) is 25.1 Å². The molecule has 0 atom stereocenters. The van der Waals surface area contributed by atoms with E-state index in [4.69, 9.17) is 0 Å². The van der Waals surface area contributed by atoms with Gasteiger partial charge < -0.3 is 15.0 Å². The zero-order valence-electron chi connectivity index (χ0n) is 9.60. The van der Waals surface area contributed by atoms with E-state index in [0.29, 0.717) is 6.54 Å². The lowest BCUT2D eigenvalue weighted by Gasteiger charge is -2.17. The van der Waals surface area contributed by atoms with Crippen molar-refractivity contribution in [3.05, 3.63) is 29.8 Å². The molecule has 0 saturated heterocycles. The smallest absolute Gasteiger partial charge is 0.407 e. The Morgan fingerprint density at radius 2 is 2.18 bits per heavy atom. The van der Waals surface area contributed by atoms with E-state index in [1.165, 1.54) is 12.7 Å². The number of carbonyl (C=O) groups excluding carboxylic acids is 2. The van der Waals surface area contributed by atoms with Crippen LogP contribution in [0.1, 0.15) is 5.56 Å². The minimum absolute atomic E-state index is 0.0407. The molecule has 1 aromatic rings. The van der Waals surface area contributed by atoms with Crippen molar-refractivity contribution < 1.29 is 14.3 Å². The summed E-state index contributed by atoms with van der Waals surface area (Å²) in [7, 11) is 1.27. The van der Waals surface area contributed by atoms with E-state index >= 15 is 0 Å². The first kappa shape index (κ1) is 11.4. The number of alkyl carbamates (subject to hydrolysis) is 1. The number of nitrogens with zero attached hydrogens (tertiary/aromatic N) is 1. The van der Waals surface area contributed by atoms with Crippen molar-refractivity contribution in [1.29, 1.82) is 0 Å². The largest absolute Gasteiger partial charge is 0.453 e. The van der Waals surface area contributed by atoms with Gasteiger partial charge in [-0.2, -0.15) is 0 Å². The molecule has 1 aliphatic heterocycles. The van der Waals surface area contributed by atoms with E-state index in [1.54, 1.807) is 4.90 Å². The van der Waals surface area contributed by atoms with Crippen LogP contribution in [0, 0.1) is 0 Å². The molecule has 0 aliphatic carbocycles. The summed E-state index contributed by atoms with van der Waals surface area (Å²) < 4.78 is 4.41. The molecule has 5 heteroatoms. The standard InChI is InChI=1S/C12H14N2O3/c1-17-12(16)13-8-11(15)14-7-6-9-4-2-3-5-10(9)14/h2-5H,6-8H2,1H3,(H,13,16). The highest BCUT2D eigenvalue weighted by Gasteiger charge is 2.23. The van der Waals surface area contributed by atoms with Crippen LogP contribution in [0.25, 0.3) is 0 Å².